The van der Waals surface area contributed by atoms with Crippen molar-refractivity contribution in [3.63, 3.8) is 0 Å². The summed E-state index contributed by atoms with van der Waals surface area (Å²) in [5.74, 6) is 2.41. The van der Waals surface area contributed by atoms with Crippen LogP contribution in [0.1, 0.15) is 50.8 Å². The Kier molecular flexibility index (Phi) is 6.13. The van der Waals surface area contributed by atoms with E-state index in [9.17, 15) is 9.90 Å². The fourth-order valence-electron chi connectivity index (χ4n) is 4.64. The van der Waals surface area contributed by atoms with Gasteiger partial charge in [-0.1, -0.05) is 19.8 Å². The Hall–Kier alpha value is -2.68. The fraction of sp³-hybridized carbons (Fsp3) is 0.636. The molecule has 168 valence electrons. The van der Waals surface area contributed by atoms with E-state index >= 15 is 0 Å². The molecular weight excluding hydrogens is 394 g/mol. The minimum Gasteiger partial charge on any atom is -0.391 e. The number of nitrogens with one attached hydrogen (secondary N) is 2. The largest absolute Gasteiger partial charge is 0.391 e. The number of hydrogen-bond acceptors (Lipinski definition) is 7. The topological polar surface area (TPSA) is 108 Å². The first-order valence-corrected chi connectivity index (χ1v) is 11.2. The minimum absolute atomic E-state index is 0.253. The van der Waals surface area contributed by atoms with E-state index in [0.29, 0.717) is 29.7 Å². The summed E-state index contributed by atoms with van der Waals surface area (Å²) in [7, 11) is 1.77. The summed E-state index contributed by atoms with van der Waals surface area (Å²) in [6, 6.07) is -0.685. The van der Waals surface area contributed by atoms with Crippen LogP contribution in [0, 0.1) is 18.8 Å². The fourth-order valence-corrected chi connectivity index (χ4v) is 4.64. The molecule has 2 aromatic heterocycles. The predicted octanol–water partition coefficient (Wildman–Crippen LogP) is 2.56. The molecule has 3 N–H and O–H groups in total. The molecule has 0 aromatic carbocycles. The van der Waals surface area contributed by atoms with Crippen LogP contribution in [0.4, 0.5) is 17.5 Å². The number of anilines is 3. The molecule has 3 heterocycles. The van der Waals surface area contributed by atoms with Gasteiger partial charge in [-0.05, 0) is 38.5 Å². The zero-order chi connectivity index (χ0) is 22.1. The maximum absolute atomic E-state index is 12.3. The van der Waals surface area contributed by atoms with Crippen molar-refractivity contribution in [1.82, 2.24) is 19.7 Å². The second kappa shape index (κ2) is 8.82. The Labute approximate surface area is 183 Å². The molecule has 1 aliphatic carbocycles. The number of fused-ring (bicyclic) bond motifs is 1. The lowest BCUT2D eigenvalue weighted by atomic mass is 9.83. The summed E-state index contributed by atoms with van der Waals surface area (Å²) in [4.78, 5) is 23.1. The monoisotopic (exact) mass is 427 g/mol. The van der Waals surface area contributed by atoms with Crippen LogP contribution in [0.25, 0.3) is 0 Å². The second-order valence-electron chi connectivity index (χ2n) is 9.17. The van der Waals surface area contributed by atoms with Crippen LogP contribution in [0.5, 0.6) is 0 Å². The number of likely N-dealkylation sites (N-methyl/N-ethyl adjacent to an activating group) is 1. The van der Waals surface area contributed by atoms with Gasteiger partial charge >= 0.3 is 0 Å². The molecule has 1 fully saturated rings. The van der Waals surface area contributed by atoms with Crippen molar-refractivity contribution in [2.45, 2.75) is 71.7 Å². The van der Waals surface area contributed by atoms with Gasteiger partial charge in [-0.15, -0.1) is 0 Å². The zero-order valence-corrected chi connectivity index (χ0v) is 18.8. The number of hydrogen-bond donors (Lipinski definition) is 3. The van der Waals surface area contributed by atoms with Crippen LogP contribution in [0.3, 0.4) is 0 Å². The molecule has 0 spiro atoms. The molecule has 0 bridgehead atoms. The van der Waals surface area contributed by atoms with E-state index < -0.39 is 12.1 Å². The van der Waals surface area contributed by atoms with Gasteiger partial charge in [-0.25, -0.2) is 4.98 Å². The third-order valence-electron chi connectivity index (χ3n) is 6.51. The highest BCUT2D eigenvalue weighted by atomic mass is 16.3. The first-order chi connectivity index (χ1) is 14.8. The number of amides is 1. The van der Waals surface area contributed by atoms with Gasteiger partial charge in [0.05, 0.1) is 18.0 Å². The van der Waals surface area contributed by atoms with E-state index in [1.54, 1.807) is 18.9 Å². The molecule has 1 saturated carbocycles. The number of carbonyl (C=O) groups excluding carboxylic acids is 1. The van der Waals surface area contributed by atoms with Gasteiger partial charge in [0.1, 0.15) is 11.7 Å². The van der Waals surface area contributed by atoms with Crippen molar-refractivity contribution >= 4 is 23.4 Å². The highest BCUT2D eigenvalue weighted by Gasteiger charge is 2.36. The van der Waals surface area contributed by atoms with E-state index in [1.807, 2.05) is 17.8 Å². The molecule has 4 rings (SSSR count). The summed E-state index contributed by atoms with van der Waals surface area (Å²) < 4.78 is 2.05. The van der Waals surface area contributed by atoms with Gasteiger partial charge in [-0.3, -0.25) is 9.48 Å². The van der Waals surface area contributed by atoms with Crippen LogP contribution in [-0.2, 0) is 17.9 Å². The van der Waals surface area contributed by atoms with Gasteiger partial charge in [-0.2, -0.15) is 10.1 Å². The quantitative estimate of drug-likeness (QED) is 0.650. The SMILES string of the molecule is Cc1nc(NCc2cnn(CC3CCC(C)CC3)c2)nc2c1NC(=O)[C@H](C(C)O)N2C. The molecule has 2 aromatic rings. The lowest BCUT2D eigenvalue weighted by molar-refractivity contribution is -0.119. The zero-order valence-electron chi connectivity index (χ0n) is 18.8. The van der Waals surface area contributed by atoms with Gasteiger partial charge in [0.15, 0.2) is 5.82 Å². The summed E-state index contributed by atoms with van der Waals surface area (Å²) in [6.07, 6.45) is 8.37. The Morgan fingerprint density at radius 2 is 2.03 bits per heavy atom. The van der Waals surface area contributed by atoms with Crippen molar-refractivity contribution < 1.29 is 9.90 Å². The molecule has 1 unspecified atom stereocenters. The Balaban J connectivity index is 1.41. The molecule has 9 heteroatoms. The van der Waals surface area contributed by atoms with Crippen molar-refractivity contribution in [3.8, 4) is 0 Å². The van der Waals surface area contributed by atoms with E-state index in [2.05, 4.69) is 38.8 Å². The summed E-state index contributed by atoms with van der Waals surface area (Å²) in [5, 5.41) is 20.6. The lowest BCUT2D eigenvalue weighted by Gasteiger charge is -2.36. The highest BCUT2D eigenvalue weighted by molar-refractivity contribution is 6.03. The number of nitrogens with zero attached hydrogens (tertiary/aromatic N) is 5. The predicted molar refractivity (Wildman–Crippen MR) is 120 cm³/mol. The summed E-state index contributed by atoms with van der Waals surface area (Å²) in [6.45, 7) is 7.33. The first-order valence-electron chi connectivity index (χ1n) is 11.2. The second-order valence-corrected chi connectivity index (χ2v) is 9.17. The standard InChI is InChI=1S/C22H33N7O2/c1-13-5-7-16(8-6-13)11-29-12-17(10-24-29)9-23-22-25-14(2)18-20(27-22)28(4)19(15(3)30)21(31)26-18/h10,12-13,15-16,19,30H,5-9,11H2,1-4H3,(H,26,31)(H,23,25,27)/t13?,15?,16?,19-/m0/s1. The van der Waals surface area contributed by atoms with Crippen LogP contribution in [0.15, 0.2) is 12.4 Å². The number of rotatable bonds is 6. The number of carbonyl (C=O) groups is 1. The number of aryl methyl sites for hydroxylation is 1. The number of aliphatic hydroxyl groups excluding tert-OH is 1. The van der Waals surface area contributed by atoms with Crippen LogP contribution >= 0.6 is 0 Å². The Morgan fingerprint density at radius 1 is 1.29 bits per heavy atom. The van der Waals surface area contributed by atoms with Crippen LogP contribution in [0.2, 0.25) is 0 Å². The molecule has 2 aliphatic rings. The summed E-state index contributed by atoms with van der Waals surface area (Å²) >= 11 is 0. The van der Waals surface area contributed by atoms with Crippen molar-refractivity contribution in [1.29, 1.82) is 0 Å². The third-order valence-corrected chi connectivity index (χ3v) is 6.51. The molecule has 0 radical (unpaired) electrons. The van der Waals surface area contributed by atoms with Crippen molar-refractivity contribution in [2.75, 3.05) is 22.6 Å². The van der Waals surface area contributed by atoms with E-state index in [-0.39, 0.29) is 5.91 Å². The Bertz CT molecular complexity index is 934. The van der Waals surface area contributed by atoms with Crippen molar-refractivity contribution in [3.05, 3.63) is 23.7 Å². The molecule has 1 aliphatic heterocycles. The van der Waals surface area contributed by atoms with Crippen LogP contribution < -0.4 is 15.5 Å². The third kappa shape index (κ3) is 4.66. The van der Waals surface area contributed by atoms with E-state index in [1.165, 1.54) is 25.7 Å². The van der Waals surface area contributed by atoms with Gasteiger partial charge in [0, 0.05) is 31.9 Å². The number of aliphatic hydroxyl groups is 1. The van der Waals surface area contributed by atoms with Crippen LogP contribution in [-0.4, -0.2) is 50.0 Å². The lowest BCUT2D eigenvalue weighted by Crippen LogP contribution is -2.52. The molecular formula is C22H33N7O2. The molecule has 31 heavy (non-hydrogen) atoms. The van der Waals surface area contributed by atoms with E-state index in [4.69, 9.17) is 0 Å². The van der Waals surface area contributed by atoms with Gasteiger partial charge in [0.2, 0.25) is 11.9 Å². The highest BCUT2D eigenvalue weighted by Crippen LogP contribution is 2.33. The number of aromatic nitrogens is 4. The minimum atomic E-state index is -0.817. The molecule has 1 amide bonds. The normalized spacial score (nSPS) is 24.5. The first kappa shape index (κ1) is 21.5. The van der Waals surface area contributed by atoms with Crippen molar-refractivity contribution in [2.24, 2.45) is 11.8 Å². The summed E-state index contributed by atoms with van der Waals surface area (Å²) in [5.41, 5.74) is 2.34. The average Bonchev–Trinajstić information content (AvgIpc) is 3.16. The smallest absolute Gasteiger partial charge is 0.249 e. The van der Waals surface area contributed by atoms with E-state index in [0.717, 1.165) is 23.9 Å². The molecule has 2 atom stereocenters. The maximum Gasteiger partial charge on any atom is 0.249 e. The average molecular weight is 428 g/mol. The van der Waals surface area contributed by atoms with Gasteiger partial charge < -0.3 is 20.6 Å². The van der Waals surface area contributed by atoms with Gasteiger partial charge in [0.25, 0.3) is 0 Å². The Morgan fingerprint density at radius 3 is 2.74 bits per heavy atom. The molecule has 0 saturated heterocycles. The molecule has 9 nitrogen and oxygen atoms in total. The maximum atomic E-state index is 12.3.